The molecular weight excluding hydrogens is 414 g/mol. The van der Waals surface area contributed by atoms with Gasteiger partial charge in [-0.1, -0.05) is 18.2 Å². The van der Waals surface area contributed by atoms with E-state index in [0.29, 0.717) is 23.9 Å². The van der Waals surface area contributed by atoms with Gasteiger partial charge in [0.05, 0.1) is 16.6 Å². The van der Waals surface area contributed by atoms with Gasteiger partial charge in [0.15, 0.2) is 0 Å². The molecule has 5 rings (SSSR count). The molecule has 1 aromatic carbocycles. The average molecular weight is 432 g/mol. The molecule has 1 aliphatic rings. The van der Waals surface area contributed by atoms with Crippen LogP contribution in [0.4, 0.5) is 0 Å². The molecule has 154 valence electrons. The number of pyridine rings is 2. The van der Waals surface area contributed by atoms with Gasteiger partial charge >= 0.3 is 0 Å². The van der Waals surface area contributed by atoms with Gasteiger partial charge in [-0.05, 0) is 42.5 Å². The average Bonchev–Trinajstić information content (AvgIpc) is 3.14. The van der Waals surface area contributed by atoms with Crippen molar-refractivity contribution >= 4 is 28.4 Å². The van der Waals surface area contributed by atoms with Gasteiger partial charge in [-0.2, -0.15) is 5.10 Å². The van der Waals surface area contributed by atoms with E-state index in [9.17, 15) is 4.79 Å². The molecule has 0 unspecified atom stereocenters. The van der Waals surface area contributed by atoms with Crippen LogP contribution in [-0.2, 0) is 4.79 Å². The van der Waals surface area contributed by atoms with Crippen molar-refractivity contribution < 1.29 is 9.53 Å². The first-order valence-corrected chi connectivity index (χ1v) is 10.1. The summed E-state index contributed by atoms with van der Waals surface area (Å²) in [4.78, 5) is 21.8. The predicted molar refractivity (Wildman–Crippen MR) is 118 cm³/mol. The molecule has 1 aliphatic heterocycles. The number of halogens is 1. The summed E-state index contributed by atoms with van der Waals surface area (Å²) in [5.41, 5.74) is 2.53. The smallest absolute Gasteiger partial charge is 0.246 e. The van der Waals surface area contributed by atoms with Gasteiger partial charge in [0.25, 0.3) is 0 Å². The van der Waals surface area contributed by atoms with Crippen LogP contribution in [0.25, 0.3) is 22.2 Å². The number of amides is 1. The van der Waals surface area contributed by atoms with Gasteiger partial charge in [-0.15, -0.1) is 0 Å². The summed E-state index contributed by atoms with van der Waals surface area (Å²) >= 11 is 6.48. The van der Waals surface area contributed by atoms with E-state index in [4.69, 9.17) is 21.4 Å². The maximum absolute atomic E-state index is 11.8. The summed E-state index contributed by atoms with van der Waals surface area (Å²) in [5, 5.41) is 6.25. The Bertz CT molecular complexity index is 1260. The van der Waals surface area contributed by atoms with E-state index in [1.807, 2.05) is 28.9 Å². The number of nitrogens with zero attached hydrogens (tertiary/aromatic N) is 5. The lowest BCUT2D eigenvalue weighted by atomic mass is 10.1. The second kappa shape index (κ2) is 7.85. The zero-order valence-corrected chi connectivity index (χ0v) is 17.2. The lowest BCUT2D eigenvalue weighted by Crippen LogP contribution is -2.50. The number of carbonyl (C=O) groups is 1. The van der Waals surface area contributed by atoms with Crippen LogP contribution in [0.5, 0.6) is 11.5 Å². The number of carbonyl (C=O) groups excluding carboxylic acids is 1. The fourth-order valence-corrected chi connectivity index (χ4v) is 3.91. The third-order valence-corrected chi connectivity index (χ3v) is 5.55. The number of likely N-dealkylation sites (tertiary alicyclic amines) is 1. The van der Waals surface area contributed by atoms with E-state index in [-0.39, 0.29) is 11.9 Å². The highest BCUT2D eigenvalue weighted by atomic mass is 35.5. The molecule has 1 saturated heterocycles. The van der Waals surface area contributed by atoms with Crippen molar-refractivity contribution in [3.63, 3.8) is 0 Å². The molecule has 0 spiro atoms. The summed E-state index contributed by atoms with van der Waals surface area (Å²) in [5.74, 6) is 1.36. The van der Waals surface area contributed by atoms with Crippen LogP contribution in [-0.4, -0.2) is 43.6 Å². The first kappa shape index (κ1) is 19.3. The monoisotopic (exact) mass is 431 g/mol. The Morgan fingerprint density at radius 1 is 1.06 bits per heavy atom. The normalized spacial score (nSPS) is 13.8. The molecule has 0 aliphatic carbocycles. The van der Waals surface area contributed by atoms with Crippen molar-refractivity contribution in [1.29, 1.82) is 0 Å². The number of fused-ring (bicyclic) bond motifs is 1. The Kier molecular flexibility index (Phi) is 4.88. The van der Waals surface area contributed by atoms with Crippen LogP contribution in [0.3, 0.4) is 0 Å². The molecule has 1 fully saturated rings. The Balaban J connectivity index is 1.47. The Labute approximate surface area is 183 Å². The van der Waals surface area contributed by atoms with Crippen molar-refractivity contribution in [3.8, 4) is 22.8 Å². The van der Waals surface area contributed by atoms with Gasteiger partial charge in [-0.3, -0.25) is 19.4 Å². The molecule has 0 radical (unpaired) electrons. The van der Waals surface area contributed by atoms with Gasteiger partial charge in [0, 0.05) is 48.8 Å². The van der Waals surface area contributed by atoms with E-state index in [1.54, 1.807) is 41.8 Å². The zero-order valence-electron chi connectivity index (χ0n) is 16.5. The summed E-state index contributed by atoms with van der Waals surface area (Å²) in [6, 6.07) is 11.4. The van der Waals surface area contributed by atoms with Gasteiger partial charge in [0.1, 0.15) is 17.2 Å². The second-order valence-corrected chi connectivity index (χ2v) is 7.63. The molecule has 0 atom stereocenters. The summed E-state index contributed by atoms with van der Waals surface area (Å²) in [6.45, 7) is 4.68. The third kappa shape index (κ3) is 3.53. The van der Waals surface area contributed by atoms with Gasteiger partial charge in [0.2, 0.25) is 5.91 Å². The minimum absolute atomic E-state index is 0.0503. The Morgan fingerprint density at radius 2 is 1.77 bits per heavy atom. The minimum atomic E-state index is -0.0783. The second-order valence-electron chi connectivity index (χ2n) is 7.22. The number of ether oxygens (including phenoxy) is 1. The molecule has 4 heterocycles. The molecular formula is C23H18ClN5O2. The van der Waals surface area contributed by atoms with Crippen molar-refractivity contribution in [2.45, 2.75) is 6.04 Å². The lowest BCUT2D eigenvalue weighted by Gasteiger charge is -2.38. The highest BCUT2D eigenvalue weighted by Gasteiger charge is 2.33. The molecule has 0 N–H and O–H groups in total. The standard InChI is InChI=1S/C23H18ClN5O2/c1-2-21(30)28-13-16(14-28)29-23-19(11-26-12-20(23)24)22(27-29)15-3-5-17(6-4-15)31-18-7-9-25-10-8-18/h2-12,16H,1,13-14H2. The Morgan fingerprint density at radius 3 is 2.48 bits per heavy atom. The van der Waals surface area contributed by atoms with Crippen LogP contribution in [0, 0.1) is 0 Å². The van der Waals surface area contributed by atoms with Gasteiger partial charge < -0.3 is 9.64 Å². The zero-order chi connectivity index (χ0) is 21.4. The number of hydrogen-bond acceptors (Lipinski definition) is 5. The molecule has 1 amide bonds. The summed E-state index contributed by atoms with van der Waals surface area (Å²) < 4.78 is 7.75. The fourth-order valence-electron chi connectivity index (χ4n) is 3.67. The number of rotatable bonds is 5. The molecule has 3 aromatic heterocycles. The van der Waals surface area contributed by atoms with Crippen LogP contribution in [0.2, 0.25) is 5.02 Å². The van der Waals surface area contributed by atoms with Crippen LogP contribution >= 0.6 is 11.6 Å². The molecule has 8 heteroatoms. The SMILES string of the molecule is C=CC(=O)N1CC(n2nc(-c3ccc(Oc4ccncc4)cc3)c3cncc(Cl)c32)C1. The highest BCUT2D eigenvalue weighted by molar-refractivity contribution is 6.35. The molecule has 31 heavy (non-hydrogen) atoms. The van der Waals surface area contributed by atoms with Crippen molar-refractivity contribution in [2.75, 3.05) is 13.1 Å². The van der Waals surface area contributed by atoms with E-state index in [0.717, 1.165) is 27.9 Å². The predicted octanol–water partition coefficient (Wildman–Crippen LogP) is 4.51. The van der Waals surface area contributed by atoms with Crippen LogP contribution < -0.4 is 4.74 Å². The summed E-state index contributed by atoms with van der Waals surface area (Å²) in [7, 11) is 0. The van der Waals surface area contributed by atoms with Crippen LogP contribution in [0.15, 0.2) is 73.8 Å². The molecule has 0 bridgehead atoms. The number of hydrogen-bond donors (Lipinski definition) is 0. The number of benzene rings is 1. The molecule has 7 nitrogen and oxygen atoms in total. The number of aromatic nitrogens is 4. The van der Waals surface area contributed by atoms with Crippen molar-refractivity contribution in [2.24, 2.45) is 0 Å². The maximum Gasteiger partial charge on any atom is 0.246 e. The molecule has 0 saturated carbocycles. The maximum atomic E-state index is 11.8. The highest BCUT2D eigenvalue weighted by Crippen LogP contribution is 2.36. The van der Waals surface area contributed by atoms with E-state index in [1.165, 1.54) is 6.08 Å². The van der Waals surface area contributed by atoms with Crippen LogP contribution in [0.1, 0.15) is 6.04 Å². The van der Waals surface area contributed by atoms with E-state index in [2.05, 4.69) is 16.5 Å². The largest absolute Gasteiger partial charge is 0.457 e. The lowest BCUT2D eigenvalue weighted by molar-refractivity contribution is -0.131. The van der Waals surface area contributed by atoms with Crippen molar-refractivity contribution in [1.82, 2.24) is 24.6 Å². The van der Waals surface area contributed by atoms with E-state index < -0.39 is 0 Å². The van der Waals surface area contributed by atoms with Gasteiger partial charge in [-0.25, -0.2) is 0 Å². The quantitative estimate of drug-likeness (QED) is 0.435. The minimum Gasteiger partial charge on any atom is -0.457 e. The van der Waals surface area contributed by atoms with E-state index >= 15 is 0 Å². The third-order valence-electron chi connectivity index (χ3n) is 5.27. The van der Waals surface area contributed by atoms with Crippen molar-refractivity contribution in [3.05, 3.63) is 78.9 Å². The fraction of sp³-hybridized carbons (Fsp3) is 0.130. The first-order valence-electron chi connectivity index (χ1n) is 9.75. The topological polar surface area (TPSA) is 73.1 Å². The first-order chi connectivity index (χ1) is 15.1. The summed E-state index contributed by atoms with van der Waals surface area (Å²) in [6.07, 6.45) is 8.08. The Hall–Kier alpha value is -3.71. The molecule has 4 aromatic rings.